The van der Waals surface area contributed by atoms with Gasteiger partial charge in [-0.1, -0.05) is 6.07 Å². The molecule has 2 aromatic rings. The molecule has 9 nitrogen and oxygen atoms in total. The zero-order valence-corrected chi connectivity index (χ0v) is 20.2. The molecule has 0 bridgehead atoms. The molecule has 11 heteroatoms. The van der Waals surface area contributed by atoms with Crippen molar-refractivity contribution in [3.63, 3.8) is 0 Å². The summed E-state index contributed by atoms with van der Waals surface area (Å²) in [5.74, 6) is -0.777. The third-order valence-electron chi connectivity index (χ3n) is 6.01. The van der Waals surface area contributed by atoms with Gasteiger partial charge in [0, 0.05) is 50.6 Å². The van der Waals surface area contributed by atoms with Crippen molar-refractivity contribution in [3.05, 3.63) is 39.9 Å². The summed E-state index contributed by atoms with van der Waals surface area (Å²) in [6, 6.07) is 5.85. The van der Waals surface area contributed by atoms with Gasteiger partial charge < -0.3 is 10.2 Å². The average Bonchev–Trinajstić information content (AvgIpc) is 3.32. The van der Waals surface area contributed by atoms with Crippen LogP contribution in [0.2, 0.25) is 0 Å². The molecule has 1 aromatic heterocycles. The van der Waals surface area contributed by atoms with Crippen LogP contribution in [0.15, 0.2) is 18.2 Å². The molecule has 0 aliphatic carbocycles. The first-order valence-electron chi connectivity index (χ1n) is 10.4. The zero-order valence-electron chi connectivity index (χ0n) is 18.6. The summed E-state index contributed by atoms with van der Waals surface area (Å²) in [6.45, 7) is 4.94. The van der Waals surface area contributed by atoms with Gasteiger partial charge in [-0.2, -0.15) is 17.0 Å². The highest BCUT2D eigenvalue weighted by Gasteiger charge is 2.36. The molecule has 1 unspecified atom stereocenters. The largest absolute Gasteiger partial charge is 0.312 e. The Morgan fingerprint density at radius 2 is 2.00 bits per heavy atom. The zero-order chi connectivity index (χ0) is 23.2. The first-order chi connectivity index (χ1) is 15.1. The molecule has 1 fully saturated rings. The summed E-state index contributed by atoms with van der Waals surface area (Å²) >= 11 is 1.29. The maximum atomic E-state index is 12.8. The number of hydrogen-bond acceptors (Lipinski definition) is 6. The Bertz CT molecular complexity index is 1170. The van der Waals surface area contributed by atoms with Crippen molar-refractivity contribution in [1.82, 2.24) is 13.6 Å². The molecule has 32 heavy (non-hydrogen) atoms. The number of anilines is 2. The van der Waals surface area contributed by atoms with E-state index in [9.17, 15) is 18.0 Å². The first-order valence-corrected chi connectivity index (χ1v) is 12.6. The van der Waals surface area contributed by atoms with Crippen molar-refractivity contribution in [2.24, 2.45) is 5.92 Å². The fraction of sp³-hybridized carbons (Fsp3) is 0.476. The number of fused-ring (bicyclic) bond motifs is 1. The number of carbonyl (C=O) groups is 2. The number of rotatable bonds is 5. The minimum absolute atomic E-state index is 0.0728. The Balaban J connectivity index is 1.43. The van der Waals surface area contributed by atoms with Crippen LogP contribution in [0.3, 0.4) is 0 Å². The summed E-state index contributed by atoms with van der Waals surface area (Å²) in [4.78, 5) is 32.4. The predicted octanol–water partition coefficient (Wildman–Crippen LogP) is 1.92. The summed E-state index contributed by atoms with van der Waals surface area (Å²) in [6.07, 6.45) is 0.649. The molecule has 172 valence electrons. The molecule has 2 aliphatic rings. The smallest absolute Gasteiger partial charge is 0.281 e. The van der Waals surface area contributed by atoms with Crippen molar-refractivity contribution in [2.45, 2.75) is 33.2 Å². The van der Waals surface area contributed by atoms with Gasteiger partial charge in [0.25, 0.3) is 10.2 Å². The fourth-order valence-electron chi connectivity index (χ4n) is 3.89. The van der Waals surface area contributed by atoms with Crippen LogP contribution in [-0.2, 0) is 32.8 Å². The van der Waals surface area contributed by atoms with E-state index in [1.54, 1.807) is 4.90 Å². The second-order valence-electron chi connectivity index (χ2n) is 8.43. The second kappa shape index (κ2) is 8.54. The maximum Gasteiger partial charge on any atom is 0.281 e. The van der Waals surface area contributed by atoms with E-state index in [1.807, 2.05) is 32.0 Å². The molecular weight excluding hydrogens is 450 g/mol. The van der Waals surface area contributed by atoms with Crippen LogP contribution in [0.4, 0.5) is 10.8 Å². The summed E-state index contributed by atoms with van der Waals surface area (Å²) in [7, 11) is -0.484. The number of aryl methyl sites for hydroxylation is 2. The third kappa shape index (κ3) is 4.29. The molecule has 1 saturated heterocycles. The lowest BCUT2D eigenvalue weighted by atomic mass is 10.1. The molecule has 0 saturated carbocycles. The Labute approximate surface area is 192 Å². The maximum absolute atomic E-state index is 12.8. The second-order valence-corrected chi connectivity index (χ2v) is 11.7. The number of amides is 2. The Morgan fingerprint density at radius 1 is 1.25 bits per heavy atom. The van der Waals surface area contributed by atoms with Crippen molar-refractivity contribution in [1.29, 1.82) is 0 Å². The highest BCUT2D eigenvalue weighted by atomic mass is 32.2. The number of aromatic nitrogens is 1. The third-order valence-corrected chi connectivity index (χ3v) is 8.90. The minimum Gasteiger partial charge on any atom is -0.312 e. The van der Waals surface area contributed by atoms with Gasteiger partial charge in [0.05, 0.1) is 18.2 Å². The lowest BCUT2D eigenvalue weighted by Crippen LogP contribution is -2.42. The topological polar surface area (TPSA) is 103 Å². The van der Waals surface area contributed by atoms with Crippen LogP contribution in [0.5, 0.6) is 0 Å². The van der Waals surface area contributed by atoms with Gasteiger partial charge >= 0.3 is 0 Å². The molecule has 1 aromatic carbocycles. The van der Waals surface area contributed by atoms with E-state index in [0.29, 0.717) is 24.6 Å². The number of hydrogen-bond donors (Lipinski definition) is 1. The van der Waals surface area contributed by atoms with Crippen LogP contribution in [0, 0.1) is 19.8 Å². The molecule has 3 heterocycles. The van der Waals surface area contributed by atoms with E-state index in [2.05, 4.69) is 10.3 Å². The van der Waals surface area contributed by atoms with E-state index < -0.39 is 16.1 Å². The minimum atomic E-state index is -3.50. The number of nitrogens with zero attached hydrogens (tertiary/aromatic N) is 4. The van der Waals surface area contributed by atoms with E-state index in [-0.39, 0.29) is 24.8 Å². The van der Waals surface area contributed by atoms with E-state index in [4.69, 9.17) is 0 Å². The van der Waals surface area contributed by atoms with Gasteiger partial charge in [0.1, 0.15) is 0 Å². The predicted molar refractivity (Wildman–Crippen MR) is 124 cm³/mol. The molecule has 1 atom stereocenters. The van der Waals surface area contributed by atoms with Gasteiger partial charge in [-0.15, -0.1) is 11.3 Å². The number of thiazole rings is 1. The van der Waals surface area contributed by atoms with Gasteiger partial charge in [-0.3, -0.25) is 9.59 Å². The standard InChI is InChI=1S/C21H27N5O4S2/c1-13-5-6-16(9-14(13)2)26-11-15(10-19(26)27)20(28)23-21-22-17-7-8-25(12-18(17)31-21)32(29,30)24(3)4/h5-6,9,15H,7-8,10-12H2,1-4H3,(H,22,23,28). The summed E-state index contributed by atoms with van der Waals surface area (Å²) in [5, 5.41) is 3.29. The normalized spacial score (nSPS) is 19.5. The Kier molecular flexibility index (Phi) is 6.10. The van der Waals surface area contributed by atoms with Gasteiger partial charge in [0.15, 0.2) is 5.13 Å². The molecule has 0 radical (unpaired) electrons. The Morgan fingerprint density at radius 3 is 2.69 bits per heavy atom. The quantitative estimate of drug-likeness (QED) is 0.709. The van der Waals surface area contributed by atoms with E-state index >= 15 is 0 Å². The van der Waals surface area contributed by atoms with Gasteiger partial charge in [-0.05, 0) is 37.1 Å². The first kappa shape index (κ1) is 22.8. The highest BCUT2D eigenvalue weighted by molar-refractivity contribution is 7.86. The number of benzene rings is 1. The molecule has 4 rings (SSSR count). The van der Waals surface area contributed by atoms with Gasteiger partial charge in [0.2, 0.25) is 11.8 Å². The average molecular weight is 478 g/mol. The van der Waals surface area contributed by atoms with E-state index in [1.165, 1.54) is 34.0 Å². The monoisotopic (exact) mass is 477 g/mol. The number of carbonyl (C=O) groups excluding carboxylic acids is 2. The van der Waals surface area contributed by atoms with Gasteiger partial charge in [-0.25, -0.2) is 4.98 Å². The SMILES string of the molecule is Cc1ccc(N2CC(C(=O)Nc3nc4c(s3)CN(S(=O)(=O)N(C)C)CC4)CC2=O)cc1C. The van der Waals surface area contributed by atoms with Crippen LogP contribution < -0.4 is 10.2 Å². The van der Waals surface area contributed by atoms with Crippen molar-refractivity contribution < 1.29 is 18.0 Å². The molecule has 2 aliphatic heterocycles. The lowest BCUT2D eigenvalue weighted by molar-refractivity contribution is -0.122. The van der Waals surface area contributed by atoms with Crippen LogP contribution >= 0.6 is 11.3 Å². The number of nitrogens with one attached hydrogen (secondary N) is 1. The fourth-order valence-corrected chi connectivity index (χ4v) is 6.07. The molecule has 1 N–H and O–H groups in total. The van der Waals surface area contributed by atoms with Crippen molar-refractivity contribution in [3.8, 4) is 0 Å². The molecule has 2 amide bonds. The summed E-state index contributed by atoms with van der Waals surface area (Å²) < 4.78 is 27.4. The highest BCUT2D eigenvalue weighted by Crippen LogP contribution is 2.31. The van der Waals surface area contributed by atoms with Crippen LogP contribution in [-0.4, -0.2) is 61.0 Å². The van der Waals surface area contributed by atoms with E-state index in [0.717, 1.165) is 27.4 Å². The van der Waals surface area contributed by atoms with Crippen molar-refractivity contribution in [2.75, 3.05) is 37.4 Å². The lowest BCUT2D eigenvalue weighted by Gasteiger charge is -2.27. The van der Waals surface area contributed by atoms with Crippen LogP contribution in [0.25, 0.3) is 0 Å². The molecular formula is C21H27N5O4S2. The Hall–Kier alpha value is -2.34. The molecule has 0 spiro atoms. The van der Waals surface area contributed by atoms with Crippen LogP contribution in [0.1, 0.15) is 28.1 Å². The summed E-state index contributed by atoms with van der Waals surface area (Å²) in [5.41, 5.74) is 3.87. The van der Waals surface area contributed by atoms with Crippen molar-refractivity contribution >= 4 is 44.2 Å².